The zero-order chi connectivity index (χ0) is 17.1. The molecule has 5 nitrogen and oxygen atoms in total. The van der Waals surface area contributed by atoms with Crippen molar-refractivity contribution < 1.29 is 4.79 Å². The monoisotopic (exact) mass is 341 g/mol. The van der Waals surface area contributed by atoms with Gasteiger partial charge in [-0.2, -0.15) is 0 Å². The van der Waals surface area contributed by atoms with Gasteiger partial charge in [-0.25, -0.2) is 4.98 Å². The highest BCUT2D eigenvalue weighted by molar-refractivity contribution is 6.30. The average Bonchev–Trinajstić information content (AvgIpc) is 2.60. The summed E-state index contributed by atoms with van der Waals surface area (Å²) in [5.74, 6) is -0.400. The van der Waals surface area contributed by atoms with Crippen molar-refractivity contribution >= 4 is 28.5 Å². The molecule has 0 aliphatic heterocycles. The number of pyridine rings is 2. The third kappa shape index (κ3) is 3.16. The minimum absolute atomic E-state index is 0.117. The van der Waals surface area contributed by atoms with Crippen LogP contribution in [0.3, 0.4) is 0 Å². The number of rotatable bonds is 4. The number of hydrogen-bond donors (Lipinski definition) is 1. The van der Waals surface area contributed by atoms with Crippen molar-refractivity contribution in [2.45, 2.75) is 20.0 Å². The molecule has 3 rings (SSSR count). The Labute approximate surface area is 143 Å². The number of nitrogens with zero attached hydrogens (tertiary/aromatic N) is 2. The lowest BCUT2D eigenvalue weighted by molar-refractivity contribution is 0.0949. The van der Waals surface area contributed by atoms with Gasteiger partial charge in [0.1, 0.15) is 11.2 Å². The van der Waals surface area contributed by atoms with Gasteiger partial charge >= 0.3 is 0 Å². The fraction of sp³-hybridized carbons (Fsp3) is 0.167. The van der Waals surface area contributed by atoms with Crippen molar-refractivity contribution in [3.05, 3.63) is 75.2 Å². The van der Waals surface area contributed by atoms with E-state index in [-0.39, 0.29) is 11.1 Å². The third-order valence-corrected chi connectivity index (χ3v) is 4.03. The standard InChI is InChI=1S/C18H16ClN3O2/c1-2-22-16-13(4-3-9-20-16)10-15(18(22)24)17(23)21-11-12-5-7-14(19)8-6-12/h3-10H,2,11H2,1H3,(H,21,23). The first-order chi connectivity index (χ1) is 11.6. The maximum Gasteiger partial charge on any atom is 0.265 e. The third-order valence-electron chi connectivity index (χ3n) is 3.78. The molecule has 2 heterocycles. The lowest BCUT2D eigenvalue weighted by atomic mass is 10.1. The Hall–Kier alpha value is -2.66. The number of carbonyl (C=O) groups excluding carboxylic acids is 1. The van der Waals surface area contributed by atoms with E-state index < -0.39 is 5.91 Å². The molecule has 0 unspecified atom stereocenters. The number of hydrogen-bond acceptors (Lipinski definition) is 3. The fourth-order valence-electron chi connectivity index (χ4n) is 2.54. The highest BCUT2D eigenvalue weighted by atomic mass is 35.5. The largest absolute Gasteiger partial charge is 0.348 e. The molecule has 0 fully saturated rings. The van der Waals surface area contributed by atoms with Gasteiger partial charge in [-0.3, -0.25) is 14.2 Å². The number of aryl methyl sites for hydroxylation is 1. The topological polar surface area (TPSA) is 64.0 Å². The van der Waals surface area contributed by atoms with Crippen LogP contribution in [0.15, 0.2) is 53.5 Å². The summed E-state index contributed by atoms with van der Waals surface area (Å²) in [4.78, 5) is 29.2. The van der Waals surface area contributed by atoms with Crippen LogP contribution in [0.4, 0.5) is 0 Å². The molecule has 0 aliphatic carbocycles. The van der Waals surface area contributed by atoms with Crippen LogP contribution in [0.2, 0.25) is 5.02 Å². The van der Waals surface area contributed by atoms with Gasteiger partial charge in [0.15, 0.2) is 0 Å². The molecule has 122 valence electrons. The van der Waals surface area contributed by atoms with Gasteiger partial charge in [0, 0.05) is 29.7 Å². The quantitative estimate of drug-likeness (QED) is 0.793. The molecule has 1 N–H and O–H groups in total. The predicted octanol–water partition coefficient (Wildman–Crippen LogP) is 3.00. The number of amides is 1. The molecule has 1 amide bonds. The second kappa shape index (κ2) is 6.84. The molecule has 0 saturated heterocycles. The minimum Gasteiger partial charge on any atom is -0.348 e. The molecular formula is C18H16ClN3O2. The van der Waals surface area contributed by atoms with Crippen LogP contribution in [-0.4, -0.2) is 15.5 Å². The van der Waals surface area contributed by atoms with E-state index in [0.29, 0.717) is 23.8 Å². The van der Waals surface area contributed by atoms with Crippen LogP contribution < -0.4 is 10.9 Å². The maximum atomic E-state index is 12.6. The van der Waals surface area contributed by atoms with E-state index in [1.807, 2.05) is 25.1 Å². The Balaban J connectivity index is 1.90. The molecule has 0 saturated carbocycles. The van der Waals surface area contributed by atoms with E-state index in [9.17, 15) is 9.59 Å². The number of nitrogens with one attached hydrogen (secondary N) is 1. The molecule has 0 atom stereocenters. The van der Waals surface area contributed by atoms with Gasteiger partial charge in [0.25, 0.3) is 11.5 Å². The van der Waals surface area contributed by atoms with Gasteiger partial charge in [-0.1, -0.05) is 23.7 Å². The first kappa shape index (κ1) is 16.2. The molecule has 0 spiro atoms. The second-order valence-electron chi connectivity index (χ2n) is 5.33. The van der Waals surface area contributed by atoms with Crippen LogP contribution in [0.25, 0.3) is 11.0 Å². The van der Waals surface area contributed by atoms with Crippen LogP contribution >= 0.6 is 11.6 Å². The van der Waals surface area contributed by atoms with Crippen LogP contribution in [-0.2, 0) is 13.1 Å². The van der Waals surface area contributed by atoms with Gasteiger partial charge in [0.2, 0.25) is 0 Å². The Morgan fingerprint density at radius 3 is 2.71 bits per heavy atom. The molecule has 0 radical (unpaired) electrons. The number of benzene rings is 1. The summed E-state index contributed by atoms with van der Waals surface area (Å²) in [5.41, 5.74) is 1.27. The molecule has 0 aliphatic rings. The zero-order valence-corrected chi connectivity index (χ0v) is 13.9. The van der Waals surface area contributed by atoms with Crippen LogP contribution in [0, 0.1) is 0 Å². The first-order valence-corrected chi connectivity index (χ1v) is 7.99. The molecule has 3 aromatic rings. The summed E-state index contributed by atoms with van der Waals surface area (Å²) < 4.78 is 1.51. The van der Waals surface area contributed by atoms with Gasteiger partial charge in [-0.05, 0) is 42.8 Å². The molecule has 2 aromatic heterocycles. The van der Waals surface area contributed by atoms with Gasteiger partial charge < -0.3 is 5.32 Å². The maximum absolute atomic E-state index is 12.6. The van der Waals surface area contributed by atoms with E-state index in [4.69, 9.17) is 11.6 Å². The minimum atomic E-state index is -0.400. The van der Waals surface area contributed by atoms with E-state index >= 15 is 0 Å². The molecule has 24 heavy (non-hydrogen) atoms. The SMILES string of the molecule is CCn1c(=O)c(C(=O)NCc2ccc(Cl)cc2)cc2cccnc21. The van der Waals surface area contributed by atoms with Crippen molar-refractivity contribution in [1.82, 2.24) is 14.9 Å². The number of fused-ring (bicyclic) bond motifs is 1. The van der Waals surface area contributed by atoms with E-state index in [1.54, 1.807) is 30.5 Å². The smallest absolute Gasteiger partial charge is 0.265 e. The second-order valence-corrected chi connectivity index (χ2v) is 5.77. The Morgan fingerprint density at radius 1 is 1.25 bits per heavy atom. The summed E-state index contributed by atoms with van der Waals surface area (Å²) in [7, 11) is 0. The van der Waals surface area contributed by atoms with Gasteiger partial charge in [-0.15, -0.1) is 0 Å². The van der Waals surface area contributed by atoms with E-state index in [1.165, 1.54) is 4.57 Å². The average molecular weight is 342 g/mol. The summed E-state index contributed by atoms with van der Waals surface area (Å²) in [5, 5.41) is 4.17. The normalized spacial score (nSPS) is 10.8. The summed E-state index contributed by atoms with van der Waals surface area (Å²) in [6.07, 6.45) is 1.63. The Bertz CT molecular complexity index is 949. The van der Waals surface area contributed by atoms with Crippen molar-refractivity contribution in [2.24, 2.45) is 0 Å². The Kier molecular flexibility index (Phi) is 4.62. The summed E-state index contributed by atoms with van der Waals surface area (Å²) in [6, 6.07) is 12.4. The van der Waals surface area contributed by atoms with Crippen molar-refractivity contribution in [1.29, 1.82) is 0 Å². The van der Waals surface area contributed by atoms with Gasteiger partial charge in [0.05, 0.1) is 0 Å². The van der Waals surface area contributed by atoms with Crippen molar-refractivity contribution in [3.8, 4) is 0 Å². The highest BCUT2D eigenvalue weighted by Gasteiger charge is 2.15. The predicted molar refractivity (Wildman–Crippen MR) is 94.3 cm³/mol. The van der Waals surface area contributed by atoms with Crippen molar-refractivity contribution in [2.75, 3.05) is 0 Å². The first-order valence-electron chi connectivity index (χ1n) is 7.61. The number of aromatic nitrogens is 2. The number of carbonyl (C=O) groups is 1. The zero-order valence-electron chi connectivity index (χ0n) is 13.1. The van der Waals surface area contributed by atoms with Crippen LogP contribution in [0.1, 0.15) is 22.8 Å². The molecular weight excluding hydrogens is 326 g/mol. The van der Waals surface area contributed by atoms with E-state index in [2.05, 4.69) is 10.3 Å². The lowest BCUT2D eigenvalue weighted by Crippen LogP contribution is -2.33. The lowest BCUT2D eigenvalue weighted by Gasteiger charge is -2.10. The Morgan fingerprint density at radius 2 is 2.00 bits per heavy atom. The summed E-state index contributed by atoms with van der Waals surface area (Å²) in [6.45, 7) is 2.63. The molecule has 6 heteroatoms. The van der Waals surface area contributed by atoms with Crippen molar-refractivity contribution in [3.63, 3.8) is 0 Å². The highest BCUT2D eigenvalue weighted by Crippen LogP contribution is 2.12. The summed E-state index contributed by atoms with van der Waals surface area (Å²) >= 11 is 5.84. The molecule has 1 aromatic carbocycles. The fourth-order valence-corrected chi connectivity index (χ4v) is 2.67. The number of halogens is 1. The van der Waals surface area contributed by atoms with E-state index in [0.717, 1.165) is 10.9 Å². The molecule has 0 bridgehead atoms. The van der Waals surface area contributed by atoms with Crippen LogP contribution in [0.5, 0.6) is 0 Å².